The van der Waals surface area contributed by atoms with Crippen molar-refractivity contribution in [3.63, 3.8) is 0 Å². The van der Waals surface area contributed by atoms with E-state index in [2.05, 4.69) is 0 Å². The molecule has 1 N–H and O–H groups in total. The maximum atomic E-state index is 11.5. The minimum atomic E-state index is -0.437. The zero-order valence-corrected chi connectivity index (χ0v) is 8.56. The molecular formula is C9H16N2O3. The van der Waals surface area contributed by atoms with Crippen LogP contribution in [0.5, 0.6) is 0 Å². The van der Waals surface area contributed by atoms with E-state index in [9.17, 15) is 9.59 Å². The van der Waals surface area contributed by atoms with Gasteiger partial charge in [-0.05, 0) is 20.3 Å². The summed E-state index contributed by atoms with van der Waals surface area (Å²) in [6.45, 7) is 4.45. The Morgan fingerprint density at radius 2 is 2.14 bits per heavy atom. The Balaban J connectivity index is 2.49. The predicted molar refractivity (Wildman–Crippen MR) is 50.7 cm³/mol. The number of urea groups is 1. The number of imide groups is 1. The van der Waals surface area contributed by atoms with Crippen molar-refractivity contribution >= 4 is 11.9 Å². The maximum Gasteiger partial charge on any atom is 0.327 e. The molecular weight excluding hydrogens is 184 g/mol. The number of likely N-dealkylation sites (N-methyl/N-ethyl adjacent to an activating group) is 1. The molecule has 1 heterocycles. The number of aliphatic hydroxyl groups excluding tert-OH is 1. The molecule has 1 aliphatic rings. The Morgan fingerprint density at radius 1 is 1.50 bits per heavy atom. The molecule has 3 amide bonds. The third-order valence-corrected chi connectivity index (χ3v) is 2.26. The summed E-state index contributed by atoms with van der Waals surface area (Å²) in [6.07, 6.45) is 0.0740. The number of hydrogen-bond donors (Lipinski definition) is 1. The highest BCUT2D eigenvalue weighted by Crippen LogP contribution is 2.10. The van der Waals surface area contributed by atoms with Gasteiger partial charge >= 0.3 is 6.03 Å². The van der Waals surface area contributed by atoms with Gasteiger partial charge in [0.15, 0.2) is 0 Å². The Hall–Kier alpha value is -1.10. The highest BCUT2D eigenvalue weighted by Gasteiger charge is 2.34. The lowest BCUT2D eigenvalue weighted by atomic mass is 10.3. The van der Waals surface area contributed by atoms with Crippen molar-refractivity contribution in [1.82, 2.24) is 9.80 Å². The van der Waals surface area contributed by atoms with E-state index in [1.807, 2.05) is 0 Å². The van der Waals surface area contributed by atoms with Crippen LogP contribution in [0, 0.1) is 0 Å². The average molecular weight is 200 g/mol. The molecule has 5 heteroatoms. The number of aliphatic hydroxyl groups is 1. The summed E-state index contributed by atoms with van der Waals surface area (Å²) < 4.78 is 0. The van der Waals surface area contributed by atoms with E-state index >= 15 is 0 Å². The quantitative estimate of drug-likeness (QED) is 0.652. The monoisotopic (exact) mass is 200 g/mol. The lowest BCUT2D eigenvalue weighted by Gasteiger charge is -2.16. The first-order valence-electron chi connectivity index (χ1n) is 4.83. The summed E-state index contributed by atoms with van der Waals surface area (Å²) in [4.78, 5) is 25.5. The number of amides is 3. The van der Waals surface area contributed by atoms with Crippen LogP contribution < -0.4 is 0 Å². The molecule has 1 rings (SSSR count). The largest absolute Gasteiger partial charge is 0.393 e. The summed E-state index contributed by atoms with van der Waals surface area (Å²) >= 11 is 0. The van der Waals surface area contributed by atoms with Gasteiger partial charge in [0.1, 0.15) is 6.54 Å². The third kappa shape index (κ3) is 2.23. The molecule has 1 fully saturated rings. The molecule has 1 atom stereocenters. The van der Waals surface area contributed by atoms with Crippen LogP contribution in [-0.4, -0.2) is 52.6 Å². The van der Waals surface area contributed by atoms with E-state index in [0.717, 1.165) is 0 Å². The third-order valence-electron chi connectivity index (χ3n) is 2.26. The van der Waals surface area contributed by atoms with Crippen LogP contribution in [0.3, 0.4) is 0 Å². The second-order valence-corrected chi connectivity index (χ2v) is 3.48. The minimum absolute atomic E-state index is 0.150. The summed E-state index contributed by atoms with van der Waals surface area (Å²) in [7, 11) is 0. The van der Waals surface area contributed by atoms with Gasteiger partial charge < -0.3 is 10.0 Å². The van der Waals surface area contributed by atoms with Crippen molar-refractivity contribution in [2.75, 3.05) is 19.6 Å². The molecule has 0 radical (unpaired) electrons. The van der Waals surface area contributed by atoms with Gasteiger partial charge in [-0.3, -0.25) is 9.69 Å². The molecule has 0 aromatic carbocycles. The van der Waals surface area contributed by atoms with Crippen LogP contribution in [0.2, 0.25) is 0 Å². The number of carbonyl (C=O) groups is 2. The van der Waals surface area contributed by atoms with Crippen LogP contribution in [0.25, 0.3) is 0 Å². The van der Waals surface area contributed by atoms with Crippen LogP contribution >= 0.6 is 0 Å². The molecule has 0 aromatic heterocycles. The van der Waals surface area contributed by atoms with E-state index in [0.29, 0.717) is 19.5 Å². The molecule has 5 nitrogen and oxygen atoms in total. The van der Waals surface area contributed by atoms with Crippen LogP contribution in [-0.2, 0) is 4.79 Å². The Kier molecular flexibility index (Phi) is 3.46. The van der Waals surface area contributed by atoms with Crippen LogP contribution in [0.1, 0.15) is 20.3 Å². The highest BCUT2D eigenvalue weighted by atomic mass is 16.3. The van der Waals surface area contributed by atoms with Gasteiger partial charge in [0.05, 0.1) is 6.10 Å². The van der Waals surface area contributed by atoms with Gasteiger partial charge in [0.25, 0.3) is 0 Å². The van der Waals surface area contributed by atoms with Crippen molar-refractivity contribution in [3.8, 4) is 0 Å². The van der Waals surface area contributed by atoms with E-state index in [4.69, 9.17) is 5.11 Å². The second-order valence-electron chi connectivity index (χ2n) is 3.48. The Morgan fingerprint density at radius 3 is 2.57 bits per heavy atom. The first-order valence-corrected chi connectivity index (χ1v) is 4.83. The summed E-state index contributed by atoms with van der Waals surface area (Å²) in [5.74, 6) is -0.150. The number of rotatable bonds is 4. The molecule has 0 spiro atoms. The van der Waals surface area contributed by atoms with Gasteiger partial charge in [-0.1, -0.05) is 0 Å². The van der Waals surface area contributed by atoms with Gasteiger partial charge in [-0.25, -0.2) is 4.79 Å². The maximum absolute atomic E-state index is 11.5. The van der Waals surface area contributed by atoms with Gasteiger partial charge in [0, 0.05) is 13.1 Å². The smallest absolute Gasteiger partial charge is 0.327 e. The van der Waals surface area contributed by atoms with Crippen molar-refractivity contribution in [3.05, 3.63) is 0 Å². The molecule has 1 aliphatic heterocycles. The number of hydrogen-bond acceptors (Lipinski definition) is 3. The van der Waals surface area contributed by atoms with Crippen molar-refractivity contribution < 1.29 is 14.7 Å². The van der Waals surface area contributed by atoms with Crippen molar-refractivity contribution in [2.24, 2.45) is 0 Å². The minimum Gasteiger partial charge on any atom is -0.393 e. The first kappa shape index (κ1) is 11.0. The summed E-state index contributed by atoms with van der Waals surface area (Å²) in [6, 6.07) is -0.238. The summed E-state index contributed by atoms with van der Waals surface area (Å²) in [5.41, 5.74) is 0. The molecule has 0 bridgehead atoms. The van der Waals surface area contributed by atoms with E-state index < -0.39 is 6.10 Å². The lowest BCUT2D eigenvalue weighted by molar-refractivity contribution is -0.125. The SMILES string of the molecule is CCN1C(=O)CN(CCC(C)O)C1=O. The van der Waals surface area contributed by atoms with Gasteiger partial charge in [0.2, 0.25) is 5.91 Å². The Bertz CT molecular complexity index is 240. The topological polar surface area (TPSA) is 60.9 Å². The zero-order valence-electron chi connectivity index (χ0n) is 8.56. The standard InChI is InChI=1S/C9H16N2O3/c1-3-11-8(13)6-10(9(11)14)5-4-7(2)12/h7,12H,3-6H2,1-2H3. The fourth-order valence-corrected chi connectivity index (χ4v) is 1.42. The fraction of sp³-hybridized carbons (Fsp3) is 0.778. The average Bonchev–Trinajstić information content (AvgIpc) is 2.38. The summed E-state index contributed by atoms with van der Waals surface area (Å²) in [5, 5.41) is 9.05. The van der Waals surface area contributed by atoms with Gasteiger partial charge in [-0.2, -0.15) is 0 Å². The molecule has 14 heavy (non-hydrogen) atoms. The molecule has 0 aromatic rings. The molecule has 80 valence electrons. The second kappa shape index (κ2) is 4.41. The number of nitrogens with zero attached hydrogens (tertiary/aromatic N) is 2. The zero-order chi connectivity index (χ0) is 10.7. The highest BCUT2D eigenvalue weighted by molar-refractivity contribution is 6.01. The fourth-order valence-electron chi connectivity index (χ4n) is 1.42. The van der Waals surface area contributed by atoms with E-state index in [1.165, 1.54) is 9.80 Å². The Labute approximate surface area is 83.3 Å². The van der Waals surface area contributed by atoms with E-state index in [-0.39, 0.29) is 18.5 Å². The number of carbonyl (C=O) groups excluding carboxylic acids is 2. The lowest BCUT2D eigenvalue weighted by Crippen LogP contribution is -2.33. The molecule has 0 aliphatic carbocycles. The predicted octanol–water partition coefficient (Wildman–Crippen LogP) is 0.0414. The van der Waals surface area contributed by atoms with Gasteiger partial charge in [-0.15, -0.1) is 0 Å². The first-order chi connectivity index (χ1) is 6.56. The van der Waals surface area contributed by atoms with Crippen LogP contribution in [0.15, 0.2) is 0 Å². The van der Waals surface area contributed by atoms with Crippen molar-refractivity contribution in [1.29, 1.82) is 0 Å². The molecule has 0 saturated carbocycles. The van der Waals surface area contributed by atoms with Crippen LogP contribution in [0.4, 0.5) is 4.79 Å². The molecule has 1 saturated heterocycles. The van der Waals surface area contributed by atoms with Crippen molar-refractivity contribution in [2.45, 2.75) is 26.4 Å². The normalized spacial score (nSPS) is 19.4. The molecule has 1 unspecified atom stereocenters. The van der Waals surface area contributed by atoms with E-state index in [1.54, 1.807) is 13.8 Å².